The van der Waals surface area contributed by atoms with E-state index in [-0.39, 0.29) is 18.4 Å². The van der Waals surface area contributed by atoms with Gasteiger partial charge in [-0.05, 0) is 54.7 Å². The molecule has 1 saturated heterocycles. The smallest absolute Gasteiger partial charge is 0.269 e. The fourth-order valence-electron chi connectivity index (χ4n) is 2.57. The molecule has 0 spiro atoms. The summed E-state index contributed by atoms with van der Waals surface area (Å²) >= 11 is 3.90. The maximum atomic E-state index is 12.2. The topological polar surface area (TPSA) is 70.2 Å². The van der Waals surface area contributed by atoms with Crippen LogP contribution in [0.25, 0.3) is 0 Å². The predicted molar refractivity (Wildman–Crippen MR) is 114 cm³/mol. The minimum absolute atomic E-state index is 0.0818. The molecule has 2 aromatic rings. The minimum Gasteiger partial charge on any atom is -0.376 e. The number of hydrazine groups is 1. The first kappa shape index (κ1) is 19.6. The fraction of sp³-hybridized carbons (Fsp3) is 0.300. The Morgan fingerprint density at radius 2 is 1.63 bits per heavy atom. The Bertz CT molecular complexity index is 773. The summed E-state index contributed by atoms with van der Waals surface area (Å²) in [6.45, 7) is 2.09. The number of nitrogens with one attached hydrogen (secondary N) is 3. The van der Waals surface area contributed by atoms with Gasteiger partial charge in [-0.15, -0.1) is 23.5 Å². The summed E-state index contributed by atoms with van der Waals surface area (Å²) in [6, 6.07) is 15.3. The maximum absolute atomic E-state index is 12.2. The normalized spacial score (nSPS) is 14.4. The lowest BCUT2D eigenvalue weighted by Crippen LogP contribution is -2.44. The number of hydrogen-bond donors (Lipinski definition) is 3. The Hall–Kier alpha value is -2.12. The second-order valence-electron chi connectivity index (χ2n) is 6.27. The van der Waals surface area contributed by atoms with Crippen molar-refractivity contribution in [1.82, 2.24) is 10.9 Å². The average molecular weight is 402 g/mol. The molecule has 0 saturated carbocycles. The molecule has 3 rings (SSSR count). The van der Waals surface area contributed by atoms with Gasteiger partial charge < -0.3 is 5.32 Å². The molecular weight excluding hydrogens is 378 g/mol. The second-order valence-corrected chi connectivity index (χ2v) is 9.00. The van der Waals surface area contributed by atoms with E-state index in [1.54, 1.807) is 12.1 Å². The summed E-state index contributed by atoms with van der Waals surface area (Å²) in [5.74, 6) is 1.73. The van der Waals surface area contributed by atoms with Gasteiger partial charge in [0.1, 0.15) is 0 Å². The van der Waals surface area contributed by atoms with Gasteiger partial charge in [0, 0.05) is 11.3 Å². The number of thioether (sulfide) groups is 2. The number of anilines is 1. The molecule has 27 heavy (non-hydrogen) atoms. The molecule has 0 atom stereocenters. The zero-order valence-corrected chi connectivity index (χ0v) is 16.8. The van der Waals surface area contributed by atoms with Crippen LogP contribution in [-0.2, 0) is 4.79 Å². The molecule has 0 aliphatic carbocycles. The van der Waals surface area contributed by atoms with E-state index in [0.29, 0.717) is 10.1 Å². The molecule has 1 aliphatic rings. The number of carbonyl (C=O) groups excluding carboxylic acids is 2. The SMILES string of the molecule is Cc1ccc(NCC(=O)NNC(=O)c2ccc(C3SCCCS3)cc2)cc1. The van der Waals surface area contributed by atoms with Crippen molar-refractivity contribution < 1.29 is 9.59 Å². The first-order valence-corrected chi connectivity index (χ1v) is 10.9. The number of rotatable bonds is 5. The Morgan fingerprint density at radius 3 is 2.30 bits per heavy atom. The molecule has 1 aliphatic heterocycles. The van der Waals surface area contributed by atoms with E-state index in [2.05, 4.69) is 16.2 Å². The molecule has 2 amide bonds. The van der Waals surface area contributed by atoms with Crippen molar-refractivity contribution in [2.24, 2.45) is 0 Å². The van der Waals surface area contributed by atoms with Crippen LogP contribution in [-0.4, -0.2) is 29.9 Å². The molecular formula is C20H23N3O2S2. The monoisotopic (exact) mass is 401 g/mol. The van der Waals surface area contributed by atoms with E-state index in [0.717, 1.165) is 11.3 Å². The Labute approximate surface area is 168 Å². The second kappa shape index (κ2) is 9.71. The van der Waals surface area contributed by atoms with Crippen LogP contribution in [0, 0.1) is 6.92 Å². The number of aryl methyl sites for hydroxylation is 1. The van der Waals surface area contributed by atoms with Gasteiger partial charge in [0.05, 0.1) is 11.1 Å². The molecule has 2 aromatic carbocycles. The summed E-state index contributed by atoms with van der Waals surface area (Å²) in [5, 5.41) is 3.01. The van der Waals surface area contributed by atoms with Gasteiger partial charge in [0.2, 0.25) is 0 Å². The summed E-state index contributed by atoms with van der Waals surface area (Å²) < 4.78 is 0.448. The van der Waals surface area contributed by atoms with Crippen molar-refractivity contribution in [3.63, 3.8) is 0 Å². The molecule has 0 radical (unpaired) electrons. The summed E-state index contributed by atoms with van der Waals surface area (Å²) in [5.41, 5.74) is 8.65. The van der Waals surface area contributed by atoms with Crippen molar-refractivity contribution in [2.75, 3.05) is 23.4 Å². The van der Waals surface area contributed by atoms with E-state index < -0.39 is 0 Å². The average Bonchev–Trinajstić information content (AvgIpc) is 2.72. The van der Waals surface area contributed by atoms with Crippen LogP contribution >= 0.6 is 23.5 Å². The van der Waals surface area contributed by atoms with Crippen LogP contribution in [0.2, 0.25) is 0 Å². The molecule has 0 aromatic heterocycles. The highest BCUT2D eigenvalue weighted by molar-refractivity contribution is 8.16. The molecule has 0 unspecified atom stereocenters. The lowest BCUT2D eigenvalue weighted by atomic mass is 10.1. The molecule has 1 fully saturated rings. The largest absolute Gasteiger partial charge is 0.376 e. The zero-order valence-electron chi connectivity index (χ0n) is 15.2. The highest BCUT2D eigenvalue weighted by atomic mass is 32.2. The molecule has 0 bridgehead atoms. The van der Waals surface area contributed by atoms with Crippen LogP contribution < -0.4 is 16.2 Å². The Kier molecular flexibility index (Phi) is 7.06. The highest BCUT2D eigenvalue weighted by Crippen LogP contribution is 2.43. The molecule has 142 valence electrons. The third-order valence-corrected chi connectivity index (χ3v) is 7.11. The third kappa shape index (κ3) is 5.94. The van der Waals surface area contributed by atoms with Crippen LogP contribution in [0.15, 0.2) is 48.5 Å². The van der Waals surface area contributed by atoms with E-state index in [1.165, 1.54) is 23.5 Å². The molecule has 7 heteroatoms. The number of amides is 2. The highest BCUT2D eigenvalue weighted by Gasteiger charge is 2.17. The number of carbonyl (C=O) groups is 2. The van der Waals surface area contributed by atoms with E-state index in [1.807, 2.05) is 66.8 Å². The molecule has 3 N–H and O–H groups in total. The summed E-state index contributed by atoms with van der Waals surface area (Å²) in [6.07, 6.45) is 1.25. The van der Waals surface area contributed by atoms with Crippen LogP contribution in [0.1, 0.15) is 32.5 Å². The van der Waals surface area contributed by atoms with Crippen molar-refractivity contribution in [1.29, 1.82) is 0 Å². The standard InChI is InChI=1S/C20H23N3O2S2/c1-14-3-9-17(10-4-14)21-13-18(24)22-23-19(25)15-5-7-16(8-6-15)20-26-11-2-12-27-20/h3-10,20-21H,2,11-13H2,1H3,(H,22,24)(H,23,25). The van der Waals surface area contributed by atoms with Crippen molar-refractivity contribution >= 4 is 41.0 Å². The first-order valence-electron chi connectivity index (χ1n) is 8.85. The minimum atomic E-state index is -0.325. The van der Waals surface area contributed by atoms with E-state index in [4.69, 9.17) is 0 Å². The van der Waals surface area contributed by atoms with Gasteiger partial charge in [-0.3, -0.25) is 20.4 Å². The maximum Gasteiger partial charge on any atom is 0.269 e. The Balaban J connectivity index is 1.44. The van der Waals surface area contributed by atoms with Crippen molar-refractivity contribution in [3.8, 4) is 0 Å². The van der Waals surface area contributed by atoms with Gasteiger partial charge in [0.25, 0.3) is 11.8 Å². The summed E-state index contributed by atoms with van der Waals surface area (Å²) in [4.78, 5) is 24.1. The van der Waals surface area contributed by atoms with Gasteiger partial charge in [-0.2, -0.15) is 0 Å². The van der Waals surface area contributed by atoms with Gasteiger partial charge in [0.15, 0.2) is 0 Å². The molecule has 5 nitrogen and oxygen atoms in total. The van der Waals surface area contributed by atoms with Crippen LogP contribution in [0.4, 0.5) is 5.69 Å². The molecule has 1 heterocycles. The number of hydrogen-bond acceptors (Lipinski definition) is 5. The van der Waals surface area contributed by atoms with Crippen LogP contribution in [0.5, 0.6) is 0 Å². The van der Waals surface area contributed by atoms with Crippen molar-refractivity contribution in [2.45, 2.75) is 17.9 Å². The fourth-order valence-corrected chi connectivity index (χ4v) is 5.46. The van der Waals surface area contributed by atoms with Gasteiger partial charge >= 0.3 is 0 Å². The van der Waals surface area contributed by atoms with E-state index >= 15 is 0 Å². The zero-order chi connectivity index (χ0) is 19.1. The lowest BCUT2D eigenvalue weighted by molar-refractivity contribution is -0.120. The first-order chi connectivity index (χ1) is 13.1. The quantitative estimate of drug-likeness (QED) is 0.666. The summed E-state index contributed by atoms with van der Waals surface area (Å²) in [7, 11) is 0. The third-order valence-electron chi connectivity index (χ3n) is 4.09. The van der Waals surface area contributed by atoms with E-state index in [9.17, 15) is 9.59 Å². The predicted octanol–water partition coefficient (Wildman–Crippen LogP) is 3.74. The van der Waals surface area contributed by atoms with Gasteiger partial charge in [-0.1, -0.05) is 29.8 Å². The van der Waals surface area contributed by atoms with Crippen molar-refractivity contribution in [3.05, 3.63) is 65.2 Å². The number of benzene rings is 2. The Morgan fingerprint density at radius 1 is 0.963 bits per heavy atom. The van der Waals surface area contributed by atoms with Gasteiger partial charge in [-0.25, -0.2) is 0 Å². The van der Waals surface area contributed by atoms with Crippen LogP contribution in [0.3, 0.4) is 0 Å². The lowest BCUT2D eigenvalue weighted by Gasteiger charge is -2.21.